The molecule has 0 aliphatic carbocycles. The Morgan fingerprint density at radius 3 is 2.84 bits per heavy atom. The van der Waals surface area contributed by atoms with E-state index in [0.717, 1.165) is 9.35 Å². The lowest BCUT2D eigenvalue weighted by atomic mass is 10.9. The van der Waals surface area contributed by atoms with E-state index in [4.69, 9.17) is 5.73 Å². The lowest BCUT2D eigenvalue weighted by molar-refractivity contribution is 0.763. The number of rotatable bonds is 3. The minimum absolute atomic E-state index is 0.115. The quantitative estimate of drug-likeness (QED) is 0.728. The number of nitrogens with zero attached hydrogens (tertiary/aromatic N) is 8. The van der Waals surface area contributed by atoms with Gasteiger partial charge < -0.3 is 5.73 Å². The summed E-state index contributed by atoms with van der Waals surface area (Å²) in [4.78, 5) is 16.1. The third-order valence-corrected chi connectivity index (χ3v) is 3.68. The second-order valence-electron chi connectivity index (χ2n) is 3.31. The number of hydrogen-bond donors (Lipinski definition) is 1. The van der Waals surface area contributed by atoms with Gasteiger partial charge in [-0.2, -0.15) is 24.7 Å². The van der Waals surface area contributed by atoms with E-state index in [1.165, 1.54) is 40.4 Å². The first-order chi connectivity index (χ1) is 9.20. The zero-order valence-electron chi connectivity index (χ0n) is 9.63. The van der Waals surface area contributed by atoms with Gasteiger partial charge in [-0.25, -0.2) is 4.98 Å². The maximum Gasteiger partial charge on any atom is 0.257 e. The van der Waals surface area contributed by atoms with E-state index in [0.29, 0.717) is 11.1 Å². The Hall–Kier alpha value is -2.14. The van der Waals surface area contributed by atoms with Crippen LogP contribution in [0, 0.1) is 6.92 Å². The van der Waals surface area contributed by atoms with Gasteiger partial charge in [0, 0.05) is 0 Å². The Morgan fingerprint density at radius 1 is 1.26 bits per heavy atom. The van der Waals surface area contributed by atoms with Crippen molar-refractivity contribution >= 4 is 29.0 Å². The fourth-order valence-corrected chi connectivity index (χ4v) is 2.89. The lowest BCUT2D eigenvalue weighted by Crippen LogP contribution is -2.07. The van der Waals surface area contributed by atoms with Crippen molar-refractivity contribution in [2.75, 3.05) is 5.73 Å². The zero-order valence-corrected chi connectivity index (χ0v) is 11.3. The van der Waals surface area contributed by atoms with Crippen LogP contribution in [0.25, 0.3) is 5.95 Å². The van der Waals surface area contributed by atoms with Gasteiger partial charge in [-0.3, -0.25) is 0 Å². The molecule has 0 bridgehead atoms. The molecule has 0 saturated heterocycles. The van der Waals surface area contributed by atoms with Crippen LogP contribution in [-0.2, 0) is 0 Å². The van der Waals surface area contributed by atoms with Crippen molar-refractivity contribution in [3.8, 4) is 5.95 Å². The first-order valence-corrected chi connectivity index (χ1v) is 6.68. The fraction of sp³-hybridized carbons (Fsp3) is 0.125. The highest BCUT2D eigenvalue weighted by Gasteiger charge is 2.10. The van der Waals surface area contributed by atoms with E-state index in [2.05, 4.69) is 35.2 Å². The Bertz CT molecular complexity index is 692. The van der Waals surface area contributed by atoms with E-state index in [1.807, 2.05) is 6.92 Å². The summed E-state index contributed by atoms with van der Waals surface area (Å²) in [6, 6.07) is 0. The van der Waals surface area contributed by atoms with Crippen LogP contribution < -0.4 is 5.73 Å². The number of aromatic nitrogens is 8. The van der Waals surface area contributed by atoms with Gasteiger partial charge in [-0.05, 0) is 18.7 Å². The van der Waals surface area contributed by atoms with Crippen LogP contribution in [0.3, 0.4) is 0 Å². The van der Waals surface area contributed by atoms with Crippen LogP contribution in [0.2, 0.25) is 0 Å². The van der Waals surface area contributed by atoms with E-state index >= 15 is 0 Å². The molecule has 0 aliphatic rings. The molecular weight excluding hydrogens is 286 g/mol. The molecule has 0 spiro atoms. The predicted octanol–water partition coefficient (Wildman–Crippen LogP) is 0.346. The number of hydrogen-bond acceptors (Lipinski definition) is 10. The first-order valence-electron chi connectivity index (χ1n) is 5.05. The van der Waals surface area contributed by atoms with Gasteiger partial charge in [-0.1, -0.05) is 11.3 Å². The number of anilines is 1. The van der Waals surface area contributed by atoms with Crippen molar-refractivity contribution in [3.05, 3.63) is 17.7 Å². The predicted molar refractivity (Wildman–Crippen MR) is 67.9 cm³/mol. The van der Waals surface area contributed by atoms with Crippen molar-refractivity contribution < 1.29 is 0 Å². The van der Waals surface area contributed by atoms with Crippen molar-refractivity contribution in [2.24, 2.45) is 0 Å². The average molecular weight is 293 g/mol. The molecule has 0 aliphatic heterocycles. The summed E-state index contributed by atoms with van der Waals surface area (Å²) in [6.45, 7) is 1.88. The standard InChI is InChI=1S/C8H7N9S2/c1-4-15-16-8(18-4)19-7-13-5(9)12-6(14-7)17-3-10-2-11-17/h2-3H,1H3,(H2,9,12,13,14). The van der Waals surface area contributed by atoms with E-state index < -0.39 is 0 Å². The molecule has 0 fully saturated rings. The van der Waals surface area contributed by atoms with E-state index in [-0.39, 0.29) is 5.95 Å². The highest BCUT2D eigenvalue weighted by molar-refractivity contribution is 8.00. The van der Waals surface area contributed by atoms with Gasteiger partial charge in [0.25, 0.3) is 5.95 Å². The van der Waals surface area contributed by atoms with Crippen LogP contribution in [0.1, 0.15) is 5.01 Å². The van der Waals surface area contributed by atoms with Crippen LogP contribution in [0.5, 0.6) is 0 Å². The molecule has 11 heteroatoms. The molecule has 3 heterocycles. The number of nitrogens with two attached hydrogens (primary N) is 1. The Morgan fingerprint density at radius 2 is 2.16 bits per heavy atom. The Labute approximate surface area is 115 Å². The van der Waals surface area contributed by atoms with Gasteiger partial charge in [0.15, 0.2) is 4.34 Å². The van der Waals surface area contributed by atoms with Gasteiger partial charge in [-0.15, -0.1) is 10.2 Å². The molecule has 2 N–H and O–H groups in total. The molecule has 0 amide bonds. The van der Waals surface area contributed by atoms with Gasteiger partial charge in [0.2, 0.25) is 11.1 Å². The fourth-order valence-electron chi connectivity index (χ4n) is 1.22. The molecule has 0 unspecified atom stereocenters. The topological polar surface area (TPSA) is 121 Å². The summed E-state index contributed by atoms with van der Waals surface area (Å²) in [6.07, 6.45) is 2.87. The van der Waals surface area contributed by atoms with Crippen LogP contribution in [0.15, 0.2) is 22.2 Å². The molecule has 0 atom stereocenters. The van der Waals surface area contributed by atoms with E-state index in [1.54, 1.807) is 0 Å². The normalized spacial score (nSPS) is 10.8. The maximum absolute atomic E-state index is 5.65. The van der Waals surface area contributed by atoms with E-state index in [9.17, 15) is 0 Å². The van der Waals surface area contributed by atoms with Crippen LogP contribution in [-0.4, -0.2) is 39.9 Å². The zero-order chi connectivity index (χ0) is 13.2. The molecule has 3 aromatic heterocycles. The van der Waals surface area contributed by atoms with Gasteiger partial charge >= 0.3 is 0 Å². The smallest absolute Gasteiger partial charge is 0.257 e. The number of nitrogen functional groups attached to an aromatic ring is 1. The summed E-state index contributed by atoms with van der Waals surface area (Å²) in [5.74, 6) is 0.429. The van der Waals surface area contributed by atoms with Gasteiger partial charge in [0.05, 0.1) is 0 Å². The Balaban J connectivity index is 1.94. The van der Waals surface area contributed by atoms with Gasteiger partial charge in [0.1, 0.15) is 17.7 Å². The molecular formula is C8H7N9S2. The Kier molecular flexibility index (Phi) is 3.05. The van der Waals surface area contributed by atoms with Crippen molar-refractivity contribution in [2.45, 2.75) is 16.4 Å². The molecule has 3 rings (SSSR count). The molecule has 0 saturated carbocycles. The number of aryl methyl sites for hydroxylation is 1. The van der Waals surface area contributed by atoms with Crippen molar-refractivity contribution in [1.29, 1.82) is 0 Å². The molecule has 9 nitrogen and oxygen atoms in total. The third-order valence-electron chi connectivity index (χ3n) is 1.93. The second kappa shape index (κ2) is 4.85. The largest absolute Gasteiger partial charge is 0.368 e. The van der Waals surface area contributed by atoms with Crippen LogP contribution in [0.4, 0.5) is 5.95 Å². The minimum Gasteiger partial charge on any atom is -0.368 e. The lowest BCUT2D eigenvalue weighted by Gasteiger charge is -2.01. The molecule has 0 aromatic carbocycles. The molecule has 19 heavy (non-hydrogen) atoms. The second-order valence-corrected chi connectivity index (χ2v) is 5.70. The maximum atomic E-state index is 5.65. The highest BCUT2D eigenvalue weighted by atomic mass is 32.2. The summed E-state index contributed by atoms with van der Waals surface area (Å²) in [5, 5.41) is 13.2. The summed E-state index contributed by atoms with van der Waals surface area (Å²) in [5.41, 5.74) is 5.65. The van der Waals surface area contributed by atoms with Crippen molar-refractivity contribution in [3.63, 3.8) is 0 Å². The highest BCUT2D eigenvalue weighted by Crippen LogP contribution is 2.27. The summed E-state index contributed by atoms with van der Waals surface area (Å²) in [7, 11) is 0. The van der Waals surface area contributed by atoms with Crippen molar-refractivity contribution in [1.82, 2.24) is 39.9 Å². The monoisotopic (exact) mass is 293 g/mol. The average Bonchev–Trinajstić information content (AvgIpc) is 3.00. The van der Waals surface area contributed by atoms with Crippen LogP contribution >= 0.6 is 23.1 Å². The minimum atomic E-state index is 0.115. The molecule has 0 radical (unpaired) electrons. The first kappa shape index (κ1) is 11.9. The molecule has 3 aromatic rings. The summed E-state index contributed by atoms with van der Waals surface area (Å²) < 4.78 is 2.15. The SMILES string of the molecule is Cc1nnc(Sc2nc(N)nc(-n3cncn3)n2)s1. The molecule has 96 valence electrons. The third kappa shape index (κ3) is 2.66. The summed E-state index contributed by atoms with van der Waals surface area (Å²) >= 11 is 2.73.